The molecule has 3 N–H and O–H groups in total. The van der Waals surface area contributed by atoms with Crippen molar-refractivity contribution < 1.29 is 4.39 Å². The van der Waals surface area contributed by atoms with Crippen LogP contribution in [0.15, 0.2) is 16.6 Å². The molecule has 1 aromatic carbocycles. The molecule has 0 radical (unpaired) electrons. The molecule has 0 heterocycles. The first-order valence-corrected chi connectivity index (χ1v) is 6.69. The lowest BCUT2D eigenvalue weighted by Crippen LogP contribution is -2.14. The number of hydrogen-bond acceptors (Lipinski definition) is 2. The zero-order valence-electron chi connectivity index (χ0n) is 9.89. The number of benzene rings is 1. The second kappa shape index (κ2) is 6.31. The largest absolute Gasteiger partial charge is 0.389 e. The van der Waals surface area contributed by atoms with E-state index in [2.05, 4.69) is 35.1 Å². The normalized spacial score (nSPS) is 12.2. The van der Waals surface area contributed by atoms with Crippen molar-refractivity contribution in [2.45, 2.75) is 20.3 Å². The van der Waals surface area contributed by atoms with Crippen molar-refractivity contribution in [1.82, 2.24) is 0 Å². The monoisotopic (exact) mass is 318 g/mol. The summed E-state index contributed by atoms with van der Waals surface area (Å²) in [4.78, 5) is 0.184. The number of anilines is 1. The van der Waals surface area contributed by atoms with Gasteiger partial charge in [0.2, 0.25) is 0 Å². The Morgan fingerprint density at radius 3 is 2.76 bits per heavy atom. The topological polar surface area (TPSA) is 38.0 Å². The maximum Gasteiger partial charge on any atom is 0.161 e. The summed E-state index contributed by atoms with van der Waals surface area (Å²) in [5.74, 6) is 0.155. The van der Waals surface area contributed by atoms with E-state index in [1.54, 1.807) is 12.1 Å². The summed E-state index contributed by atoms with van der Waals surface area (Å²) in [6.07, 6.45) is 1.06. The first-order valence-electron chi connectivity index (χ1n) is 5.49. The molecule has 1 atom stereocenters. The standard InChI is InChI=1S/C12H16BrFN2S/c1-3-7(2)6-16-9-5-4-8(12(15)17)10(13)11(9)14/h4-5,7,16H,3,6H2,1-2H3,(H2,15,17). The third-order valence-electron chi connectivity index (χ3n) is 2.69. The molecule has 0 aliphatic rings. The highest BCUT2D eigenvalue weighted by molar-refractivity contribution is 9.10. The Morgan fingerprint density at radius 2 is 2.24 bits per heavy atom. The van der Waals surface area contributed by atoms with Crippen LogP contribution in [-0.2, 0) is 0 Å². The third-order valence-corrected chi connectivity index (χ3v) is 3.68. The summed E-state index contributed by atoms with van der Waals surface area (Å²) in [5.41, 5.74) is 6.48. The van der Waals surface area contributed by atoms with Crippen LogP contribution < -0.4 is 11.1 Å². The van der Waals surface area contributed by atoms with Crippen molar-refractivity contribution in [2.75, 3.05) is 11.9 Å². The molecular formula is C12H16BrFN2S. The second-order valence-corrected chi connectivity index (χ2v) is 5.28. The van der Waals surface area contributed by atoms with Gasteiger partial charge in [-0.05, 0) is 34.0 Å². The van der Waals surface area contributed by atoms with Gasteiger partial charge in [0.15, 0.2) is 5.82 Å². The van der Waals surface area contributed by atoms with Crippen molar-refractivity contribution in [3.05, 3.63) is 28.0 Å². The minimum absolute atomic E-state index is 0.184. The SMILES string of the molecule is CCC(C)CNc1ccc(C(N)=S)c(Br)c1F. The maximum atomic E-state index is 14.0. The third kappa shape index (κ3) is 3.64. The lowest BCUT2D eigenvalue weighted by atomic mass is 10.1. The van der Waals surface area contributed by atoms with Crippen molar-refractivity contribution in [2.24, 2.45) is 11.7 Å². The fourth-order valence-electron chi connectivity index (χ4n) is 1.30. The van der Waals surface area contributed by atoms with Crippen LogP contribution in [0.4, 0.5) is 10.1 Å². The lowest BCUT2D eigenvalue weighted by Gasteiger charge is -2.14. The molecule has 1 aromatic rings. The van der Waals surface area contributed by atoms with Crippen molar-refractivity contribution in [3.8, 4) is 0 Å². The van der Waals surface area contributed by atoms with Gasteiger partial charge in [-0.1, -0.05) is 32.5 Å². The molecule has 0 aliphatic heterocycles. The van der Waals surface area contributed by atoms with Crippen LogP contribution in [0.5, 0.6) is 0 Å². The van der Waals surface area contributed by atoms with E-state index < -0.39 is 0 Å². The van der Waals surface area contributed by atoms with Crippen LogP contribution in [0.2, 0.25) is 0 Å². The molecule has 0 saturated heterocycles. The zero-order valence-corrected chi connectivity index (χ0v) is 12.3. The fraction of sp³-hybridized carbons (Fsp3) is 0.417. The molecule has 0 aromatic heterocycles. The van der Waals surface area contributed by atoms with Gasteiger partial charge in [0.1, 0.15) is 4.99 Å². The van der Waals surface area contributed by atoms with E-state index in [9.17, 15) is 4.39 Å². The Hall–Kier alpha value is -0.680. The molecule has 94 valence electrons. The van der Waals surface area contributed by atoms with Crippen LogP contribution in [0, 0.1) is 11.7 Å². The molecule has 5 heteroatoms. The van der Waals surface area contributed by atoms with Gasteiger partial charge in [-0.25, -0.2) is 4.39 Å². The summed E-state index contributed by atoms with van der Waals surface area (Å²) < 4.78 is 14.3. The van der Waals surface area contributed by atoms with Crippen molar-refractivity contribution in [3.63, 3.8) is 0 Å². The summed E-state index contributed by atoms with van der Waals surface area (Å²) in [5, 5.41) is 3.08. The summed E-state index contributed by atoms with van der Waals surface area (Å²) in [6.45, 7) is 4.96. The molecule has 0 fully saturated rings. The predicted octanol–water partition coefficient (Wildman–Crippen LogP) is 3.68. The van der Waals surface area contributed by atoms with Crippen LogP contribution in [0.3, 0.4) is 0 Å². The van der Waals surface area contributed by atoms with E-state index in [-0.39, 0.29) is 10.8 Å². The lowest BCUT2D eigenvalue weighted by molar-refractivity contribution is 0.584. The van der Waals surface area contributed by atoms with E-state index in [0.717, 1.165) is 13.0 Å². The van der Waals surface area contributed by atoms with Gasteiger partial charge in [0.05, 0.1) is 10.2 Å². The highest BCUT2D eigenvalue weighted by Gasteiger charge is 2.12. The van der Waals surface area contributed by atoms with Gasteiger partial charge >= 0.3 is 0 Å². The summed E-state index contributed by atoms with van der Waals surface area (Å²) in [6, 6.07) is 3.38. The van der Waals surface area contributed by atoms with Crippen LogP contribution in [-0.4, -0.2) is 11.5 Å². The molecular weight excluding hydrogens is 303 g/mol. The van der Waals surface area contributed by atoms with Crippen LogP contribution in [0.1, 0.15) is 25.8 Å². The first kappa shape index (κ1) is 14.4. The van der Waals surface area contributed by atoms with Gasteiger partial charge in [-0.2, -0.15) is 0 Å². The molecule has 0 spiro atoms. The molecule has 0 saturated carbocycles. The van der Waals surface area contributed by atoms with E-state index in [1.165, 1.54) is 0 Å². The number of nitrogens with two attached hydrogens (primary N) is 1. The van der Waals surface area contributed by atoms with Gasteiger partial charge in [0.25, 0.3) is 0 Å². The minimum Gasteiger partial charge on any atom is -0.389 e. The Morgan fingerprint density at radius 1 is 1.59 bits per heavy atom. The van der Waals surface area contributed by atoms with E-state index in [1.807, 2.05) is 0 Å². The fourth-order valence-corrected chi connectivity index (χ4v) is 2.17. The van der Waals surface area contributed by atoms with Crippen molar-refractivity contribution >= 4 is 38.8 Å². The van der Waals surface area contributed by atoms with Crippen LogP contribution >= 0.6 is 28.1 Å². The summed E-state index contributed by atoms with van der Waals surface area (Å²) >= 11 is 8.01. The number of halogens is 2. The predicted molar refractivity (Wildman–Crippen MR) is 77.9 cm³/mol. The quantitative estimate of drug-likeness (QED) is 0.813. The highest BCUT2D eigenvalue weighted by Crippen LogP contribution is 2.27. The second-order valence-electron chi connectivity index (χ2n) is 4.05. The van der Waals surface area contributed by atoms with E-state index in [4.69, 9.17) is 18.0 Å². The van der Waals surface area contributed by atoms with E-state index >= 15 is 0 Å². The Balaban J connectivity index is 2.89. The smallest absolute Gasteiger partial charge is 0.161 e. The summed E-state index contributed by atoms with van der Waals surface area (Å²) in [7, 11) is 0. The molecule has 0 aliphatic carbocycles. The number of hydrogen-bond donors (Lipinski definition) is 2. The van der Waals surface area contributed by atoms with Crippen LogP contribution in [0.25, 0.3) is 0 Å². The maximum absolute atomic E-state index is 14.0. The number of thiocarbonyl (C=S) groups is 1. The van der Waals surface area contributed by atoms with Crippen molar-refractivity contribution in [1.29, 1.82) is 0 Å². The molecule has 1 rings (SSSR count). The molecule has 0 bridgehead atoms. The number of nitrogens with one attached hydrogen (secondary N) is 1. The average Bonchev–Trinajstić information content (AvgIpc) is 2.30. The van der Waals surface area contributed by atoms with Gasteiger partial charge in [-0.3, -0.25) is 0 Å². The Kier molecular flexibility index (Phi) is 5.33. The molecule has 1 unspecified atom stereocenters. The Labute approximate surface area is 115 Å². The molecule has 17 heavy (non-hydrogen) atoms. The van der Waals surface area contributed by atoms with Gasteiger partial charge in [0, 0.05) is 12.1 Å². The minimum atomic E-state index is -0.349. The van der Waals surface area contributed by atoms with E-state index in [0.29, 0.717) is 21.6 Å². The Bertz CT molecular complexity index is 423. The highest BCUT2D eigenvalue weighted by atomic mass is 79.9. The molecule has 0 amide bonds. The number of rotatable bonds is 5. The zero-order chi connectivity index (χ0) is 13.0. The first-order chi connectivity index (χ1) is 7.97. The van der Waals surface area contributed by atoms with Gasteiger partial charge in [-0.15, -0.1) is 0 Å². The van der Waals surface area contributed by atoms with Gasteiger partial charge < -0.3 is 11.1 Å². The average molecular weight is 319 g/mol. The molecule has 2 nitrogen and oxygen atoms in total.